The van der Waals surface area contributed by atoms with Crippen molar-refractivity contribution < 1.29 is 19.1 Å². The molecule has 0 radical (unpaired) electrons. The first-order valence-corrected chi connectivity index (χ1v) is 13.3. The molecular formula is C29H49N7O4. The van der Waals surface area contributed by atoms with Crippen LogP contribution >= 0.6 is 0 Å². The smallest absolute Gasteiger partial charge is 0.415 e. The number of amides is 2. The SMILES string of the molecule is C.COC(=O)N1c2c(c(C)nn2C)C(N(C)C)CC1C.COC(=O)N1c2c(cc(C)nc2C)C(N(C)C)CC1C. The third kappa shape index (κ3) is 6.10. The highest BCUT2D eigenvalue weighted by Crippen LogP contribution is 2.42. The van der Waals surface area contributed by atoms with Crippen molar-refractivity contribution in [2.75, 3.05) is 52.2 Å². The Balaban J connectivity index is 0.000000274. The molecule has 0 N–H and O–H groups in total. The maximum atomic E-state index is 12.1. The van der Waals surface area contributed by atoms with Gasteiger partial charge in [0.1, 0.15) is 5.82 Å². The van der Waals surface area contributed by atoms with Crippen LogP contribution in [0.3, 0.4) is 0 Å². The van der Waals surface area contributed by atoms with Crippen molar-refractivity contribution in [3.8, 4) is 0 Å². The van der Waals surface area contributed by atoms with E-state index >= 15 is 0 Å². The predicted molar refractivity (Wildman–Crippen MR) is 159 cm³/mol. The molecule has 11 heteroatoms. The van der Waals surface area contributed by atoms with Crippen molar-refractivity contribution in [2.24, 2.45) is 7.05 Å². The molecule has 0 spiro atoms. The molecule has 0 aliphatic carbocycles. The molecule has 2 aromatic heterocycles. The summed E-state index contributed by atoms with van der Waals surface area (Å²) in [7, 11) is 13.0. The Labute approximate surface area is 240 Å². The minimum absolute atomic E-state index is 0. The molecule has 4 atom stereocenters. The zero-order chi connectivity index (χ0) is 29.3. The van der Waals surface area contributed by atoms with Gasteiger partial charge in [0, 0.05) is 42.5 Å². The number of carbonyl (C=O) groups excluding carboxylic acids is 2. The molecule has 40 heavy (non-hydrogen) atoms. The Morgan fingerprint density at radius 3 is 1.90 bits per heavy atom. The van der Waals surface area contributed by atoms with Gasteiger partial charge in [0.2, 0.25) is 0 Å². The lowest BCUT2D eigenvalue weighted by Gasteiger charge is -2.41. The number of hydrogen-bond acceptors (Lipinski definition) is 8. The first kappa shape index (κ1) is 33.0. The minimum atomic E-state index is -0.325. The molecule has 2 aliphatic heterocycles. The number of methoxy groups -OCH3 is 2. The number of rotatable bonds is 2. The van der Waals surface area contributed by atoms with Gasteiger partial charge in [0.25, 0.3) is 0 Å². The van der Waals surface area contributed by atoms with Gasteiger partial charge in [-0.05, 0) is 87.3 Å². The number of carbonyl (C=O) groups is 2. The largest absolute Gasteiger partial charge is 0.452 e. The molecule has 4 heterocycles. The Hall–Kier alpha value is -3.18. The maximum Gasteiger partial charge on any atom is 0.415 e. The van der Waals surface area contributed by atoms with Gasteiger partial charge in [-0.3, -0.25) is 19.5 Å². The van der Waals surface area contributed by atoms with Crippen molar-refractivity contribution in [1.29, 1.82) is 0 Å². The van der Waals surface area contributed by atoms with Gasteiger partial charge in [0.05, 0.1) is 31.3 Å². The summed E-state index contributed by atoms with van der Waals surface area (Å²) in [5.41, 5.74) is 6.01. The maximum absolute atomic E-state index is 12.1. The van der Waals surface area contributed by atoms with Gasteiger partial charge >= 0.3 is 12.2 Å². The third-order valence-corrected chi connectivity index (χ3v) is 7.72. The van der Waals surface area contributed by atoms with E-state index in [9.17, 15) is 9.59 Å². The highest BCUT2D eigenvalue weighted by Gasteiger charge is 2.40. The molecule has 2 aromatic rings. The summed E-state index contributed by atoms with van der Waals surface area (Å²) in [4.78, 5) is 36.5. The van der Waals surface area contributed by atoms with Gasteiger partial charge in [0.15, 0.2) is 0 Å². The van der Waals surface area contributed by atoms with Crippen molar-refractivity contribution in [2.45, 2.75) is 79.1 Å². The summed E-state index contributed by atoms with van der Waals surface area (Å²) in [6.45, 7) is 10.0. The zero-order valence-corrected chi connectivity index (χ0v) is 25.6. The molecule has 4 rings (SSSR count). The molecule has 0 aromatic carbocycles. The Morgan fingerprint density at radius 2 is 1.38 bits per heavy atom. The van der Waals surface area contributed by atoms with Crippen LogP contribution < -0.4 is 9.80 Å². The molecule has 0 saturated heterocycles. The predicted octanol–water partition coefficient (Wildman–Crippen LogP) is 5.00. The Kier molecular flexibility index (Phi) is 10.7. The lowest BCUT2D eigenvalue weighted by Crippen LogP contribution is -2.46. The van der Waals surface area contributed by atoms with Crippen molar-refractivity contribution in [3.63, 3.8) is 0 Å². The van der Waals surface area contributed by atoms with Gasteiger partial charge in [-0.15, -0.1) is 0 Å². The fourth-order valence-electron chi connectivity index (χ4n) is 5.98. The lowest BCUT2D eigenvalue weighted by molar-refractivity contribution is 0.170. The highest BCUT2D eigenvalue weighted by atomic mass is 16.5. The minimum Gasteiger partial charge on any atom is -0.452 e. The second-order valence-corrected chi connectivity index (χ2v) is 11.0. The van der Waals surface area contributed by atoms with E-state index in [0.717, 1.165) is 52.6 Å². The molecular weight excluding hydrogens is 510 g/mol. The summed E-state index contributed by atoms with van der Waals surface area (Å²) in [6, 6.07) is 2.82. The monoisotopic (exact) mass is 559 g/mol. The fraction of sp³-hybridized carbons (Fsp3) is 0.655. The van der Waals surface area contributed by atoms with Gasteiger partial charge < -0.3 is 19.3 Å². The van der Waals surface area contributed by atoms with E-state index in [1.165, 1.54) is 14.2 Å². The standard InChI is InChI=1S/C15H23N3O2.C13H22N4O2.CH4/c1-9-7-12-13(17(4)5)8-10(2)18(15(19)20-6)14(12)11(3)16-9;1-8-7-10(15(3)4)11-9(2)14-16(5)12(11)17(8)13(18)19-6;/h7,10,13H,8H2,1-6H3;8,10H,7H2,1-6H3;1H4. The summed E-state index contributed by atoms with van der Waals surface area (Å²) in [5, 5.41) is 4.47. The first-order chi connectivity index (χ1) is 18.2. The topological polar surface area (TPSA) is 96.3 Å². The van der Waals surface area contributed by atoms with Gasteiger partial charge in [-0.2, -0.15) is 5.10 Å². The van der Waals surface area contributed by atoms with E-state index in [0.29, 0.717) is 6.04 Å². The van der Waals surface area contributed by atoms with E-state index in [-0.39, 0.29) is 37.7 Å². The molecule has 0 bridgehead atoms. The van der Waals surface area contributed by atoms with Gasteiger partial charge in [-0.1, -0.05) is 7.43 Å². The van der Waals surface area contributed by atoms with Crippen LogP contribution in [0.15, 0.2) is 6.07 Å². The number of nitrogens with zero attached hydrogens (tertiary/aromatic N) is 7. The summed E-state index contributed by atoms with van der Waals surface area (Å²) < 4.78 is 11.6. The van der Waals surface area contributed by atoms with Crippen LogP contribution in [0.1, 0.15) is 74.4 Å². The number of hydrogen-bond donors (Lipinski definition) is 0. The first-order valence-electron chi connectivity index (χ1n) is 13.3. The molecule has 2 amide bonds. The third-order valence-electron chi connectivity index (χ3n) is 7.72. The zero-order valence-electron chi connectivity index (χ0n) is 25.6. The summed E-state index contributed by atoms with van der Waals surface area (Å²) in [5.74, 6) is 0.849. The summed E-state index contributed by atoms with van der Waals surface area (Å²) >= 11 is 0. The van der Waals surface area contributed by atoms with Crippen LogP contribution in [0.2, 0.25) is 0 Å². The van der Waals surface area contributed by atoms with E-state index in [2.05, 4.69) is 61.1 Å². The number of anilines is 2. The van der Waals surface area contributed by atoms with E-state index in [4.69, 9.17) is 9.47 Å². The second kappa shape index (κ2) is 13.0. The number of aromatic nitrogens is 3. The number of ether oxygens (including phenoxy) is 2. The van der Waals surface area contributed by atoms with Gasteiger partial charge in [-0.25, -0.2) is 9.59 Å². The van der Waals surface area contributed by atoms with Crippen LogP contribution in [0.5, 0.6) is 0 Å². The highest BCUT2D eigenvalue weighted by molar-refractivity contribution is 5.91. The lowest BCUT2D eigenvalue weighted by atomic mass is 9.90. The fourth-order valence-corrected chi connectivity index (χ4v) is 5.98. The number of aryl methyl sites for hydroxylation is 4. The van der Waals surface area contributed by atoms with E-state index < -0.39 is 0 Å². The van der Waals surface area contributed by atoms with Crippen LogP contribution in [-0.2, 0) is 16.5 Å². The van der Waals surface area contributed by atoms with Crippen molar-refractivity contribution >= 4 is 23.7 Å². The average molecular weight is 560 g/mol. The molecule has 4 unspecified atom stereocenters. The molecule has 224 valence electrons. The normalized spacial score (nSPS) is 21.6. The van der Waals surface area contributed by atoms with Crippen LogP contribution in [0, 0.1) is 20.8 Å². The number of fused-ring (bicyclic) bond motifs is 2. The molecule has 11 nitrogen and oxygen atoms in total. The van der Waals surface area contributed by atoms with Crippen molar-refractivity contribution in [3.05, 3.63) is 34.3 Å². The Bertz CT molecular complexity index is 1210. The Morgan fingerprint density at radius 1 is 0.875 bits per heavy atom. The molecule has 0 saturated carbocycles. The molecule has 0 fully saturated rings. The van der Waals surface area contributed by atoms with Crippen molar-refractivity contribution in [1.82, 2.24) is 24.6 Å². The quantitative estimate of drug-likeness (QED) is 0.507. The van der Waals surface area contributed by atoms with Crippen LogP contribution in [-0.4, -0.2) is 91.2 Å². The molecule has 2 aliphatic rings. The summed E-state index contributed by atoms with van der Waals surface area (Å²) in [6.07, 6.45) is 1.12. The van der Waals surface area contributed by atoms with Crippen LogP contribution in [0.4, 0.5) is 21.1 Å². The van der Waals surface area contributed by atoms with E-state index in [1.807, 2.05) is 34.7 Å². The average Bonchev–Trinajstić information content (AvgIpc) is 3.16. The van der Waals surface area contributed by atoms with E-state index in [1.54, 1.807) is 14.5 Å². The second-order valence-electron chi connectivity index (χ2n) is 11.0. The van der Waals surface area contributed by atoms with Crippen LogP contribution in [0.25, 0.3) is 0 Å². The number of pyridine rings is 1.